The molecule has 0 aliphatic rings. The Bertz CT molecular complexity index is 799. The Balaban J connectivity index is 2.24. The van der Waals surface area contributed by atoms with Gasteiger partial charge in [-0.3, -0.25) is 14.9 Å². The summed E-state index contributed by atoms with van der Waals surface area (Å²) in [6, 6.07) is 9.51. The average molecular weight is 385 g/mol. The third-order valence-corrected chi connectivity index (χ3v) is 4.76. The van der Waals surface area contributed by atoms with Gasteiger partial charge in [-0.25, -0.2) is 0 Å². The van der Waals surface area contributed by atoms with Crippen molar-refractivity contribution in [3.8, 4) is 0 Å². The molecule has 0 heterocycles. The molecule has 0 aliphatic carbocycles. The highest BCUT2D eigenvalue weighted by Crippen LogP contribution is 2.29. The van der Waals surface area contributed by atoms with Crippen LogP contribution in [0.2, 0.25) is 10.0 Å². The molecule has 2 aromatic carbocycles. The van der Waals surface area contributed by atoms with E-state index >= 15 is 0 Å². The minimum atomic E-state index is -0.487. The van der Waals surface area contributed by atoms with Gasteiger partial charge in [0.25, 0.3) is 11.6 Å². The summed E-state index contributed by atoms with van der Waals surface area (Å²) in [4.78, 5) is 25.1. The summed E-state index contributed by atoms with van der Waals surface area (Å²) in [6.45, 7) is 0.271. The normalized spacial score (nSPS) is 10.5. The molecule has 0 atom stereocenters. The molecule has 0 fully saturated rings. The van der Waals surface area contributed by atoms with E-state index in [9.17, 15) is 14.9 Å². The highest BCUT2D eigenvalue weighted by atomic mass is 35.5. The van der Waals surface area contributed by atoms with Crippen LogP contribution >= 0.6 is 35.0 Å². The van der Waals surface area contributed by atoms with Crippen molar-refractivity contribution in [3.05, 3.63) is 67.7 Å². The molecule has 2 rings (SSSR count). The van der Waals surface area contributed by atoms with Crippen molar-refractivity contribution >= 4 is 46.6 Å². The van der Waals surface area contributed by atoms with Crippen LogP contribution in [0.3, 0.4) is 0 Å². The molecule has 0 aliphatic heterocycles. The summed E-state index contributed by atoms with van der Waals surface area (Å²) in [5.41, 5.74) is 0.922. The Labute approximate surface area is 153 Å². The van der Waals surface area contributed by atoms with Gasteiger partial charge in [-0.15, -0.1) is 11.8 Å². The van der Waals surface area contributed by atoms with E-state index in [2.05, 4.69) is 0 Å². The molecule has 0 radical (unpaired) electrons. The molecular formula is C16H14Cl2N2O3S. The smallest absolute Gasteiger partial charge is 0.283 e. The molecule has 0 unspecified atom stereocenters. The van der Waals surface area contributed by atoms with E-state index in [1.54, 1.807) is 43.6 Å². The number of carbonyl (C=O) groups excluding carboxylic acids is 1. The Morgan fingerprint density at radius 2 is 1.96 bits per heavy atom. The second kappa shape index (κ2) is 7.88. The molecule has 0 aromatic heterocycles. The third-order valence-electron chi connectivity index (χ3n) is 3.39. The summed E-state index contributed by atoms with van der Waals surface area (Å²) in [7, 11) is 1.61. The predicted octanol–water partition coefficient (Wildman–Crippen LogP) is 4.90. The van der Waals surface area contributed by atoms with Gasteiger partial charge < -0.3 is 4.90 Å². The number of thioether (sulfide) groups is 1. The maximum absolute atomic E-state index is 12.5. The zero-order chi connectivity index (χ0) is 17.9. The molecular weight excluding hydrogens is 371 g/mol. The van der Waals surface area contributed by atoms with Crippen LogP contribution in [0.4, 0.5) is 5.69 Å². The Morgan fingerprint density at radius 1 is 1.25 bits per heavy atom. The number of hydrogen-bond donors (Lipinski definition) is 0. The lowest BCUT2D eigenvalue weighted by Gasteiger charge is -2.18. The van der Waals surface area contributed by atoms with Crippen LogP contribution in [0, 0.1) is 10.1 Å². The lowest BCUT2D eigenvalue weighted by atomic mass is 10.1. The summed E-state index contributed by atoms with van der Waals surface area (Å²) in [5.74, 6) is -0.322. The zero-order valence-electron chi connectivity index (χ0n) is 13.0. The average Bonchev–Trinajstić information content (AvgIpc) is 2.55. The zero-order valence-corrected chi connectivity index (χ0v) is 15.3. The van der Waals surface area contributed by atoms with Crippen molar-refractivity contribution in [2.45, 2.75) is 11.4 Å². The molecule has 0 bridgehead atoms. The largest absolute Gasteiger partial charge is 0.337 e. The number of nitro groups is 1. The number of hydrogen-bond acceptors (Lipinski definition) is 4. The molecule has 0 saturated heterocycles. The number of carbonyl (C=O) groups is 1. The van der Waals surface area contributed by atoms with Crippen molar-refractivity contribution in [1.82, 2.24) is 4.90 Å². The van der Waals surface area contributed by atoms with Gasteiger partial charge in [0.1, 0.15) is 0 Å². The predicted molar refractivity (Wildman–Crippen MR) is 97.1 cm³/mol. The van der Waals surface area contributed by atoms with Crippen LogP contribution in [0.5, 0.6) is 0 Å². The quantitative estimate of drug-likeness (QED) is 0.417. The standard InChI is InChI=1S/C16H14Cl2N2O3S/c1-19(9-11-3-5-12(17)8-13(11)18)16(21)10-4-6-15(24-2)14(7-10)20(22)23/h3-8H,9H2,1-2H3. The molecule has 0 N–H and O–H groups in total. The van der Waals surface area contributed by atoms with Gasteiger partial charge in [-0.1, -0.05) is 29.3 Å². The SMILES string of the molecule is CSc1ccc(C(=O)N(C)Cc2ccc(Cl)cc2Cl)cc1[N+](=O)[O-]. The molecule has 126 valence electrons. The van der Waals surface area contributed by atoms with E-state index in [0.29, 0.717) is 14.9 Å². The Hall–Kier alpha value is -1.76. The highest BCUT2D eigenvalue weighted by Gasteiger charge is 2.19. The second-order valence-corrected chi connectivity index (χ2v) is 6.73. The fourth-order valence-corrected chi connectivity index (χ4v) is 3.18. The molecule has 0 spiro atoms. The van der Waals surface area contributed by atoms with Crippen molar-refractivity contribution in [2.24, 2.45) is 0 Å². The van der Waals surface area contributed by atoms with Crippen LogP contribution < -0.4 is 0 Å². The number of nitro benzene ring substituents is 1. The van der Waals surface area contributed by atoms with Gasteiger partial charge in [0.05, 0.1) is 9.82 Å². The van der Waals surface area contributed by atoms with E-state index in [-0.39, 0.29) is 23.7 Å². The number of halogens is 2. The van der Waals surface area contributed by atoms with Crippen LogP contribution in [-0.4, -0.2) is 29.0 Å². The Kier molecular flexibility index (Phi) is 6.10. The topological polar surface area (TPSA) is 63.5 Å². The third kappa shape index (κ3) is 4.20. The van der Waals surface area contributed by atoms with Crippen molar-refractivity contribution < 1.29 is 9.72 Å². The summed E-state index contributed by atoms with van der Waals surface area (Å²) < 4.78 is 0. The first-order chi connectivity index (χ1) is 11.3. The van der Waals surface area contributed by atoms with Crippen molar-refractivity contribution in [1.29, 1.82) is 0 Å². The summed E-state index contributed by atoms with van der Waals surface area (Å²) in [6.07, 6.45) is 1.75. The van der Waals surface area contributed by atoms with Crippen molar-refractivity contribution in [2.75, 3.05) is 13.3 Å². The summed E-state index contributed by atoms with van der Waals surface area (Å²) in [5, 5.41) is 12.1. The minimum absolute atomic E-state index is 0.0775. The maximum Gasteiger partial charge on any atom is 0.283 e. The molecule has 8 heteroatoms. The first kappa shape index (κ1) is 18.6. The fourth-order valence-electron chi connectivity index (χ4n) is 2.16. The Morgan fingerprint density at radius 3 is 2.54 bits per heavy atom. The van der Waals surface area contributed by atoms with E-state index in [4.69, 9.17) is 23.2 Å². The molecule has 1 amide bonds. The van der Waals surface area contributed by atoms with Gasteiger partial charge in [0.15, 0.2) is 0 Å². The second-order valence-electron chi connectivity index (χ2n) is 5.04. The molecule has 0 saturated carbocycles. The summed E-state index contributed by atoms with van der Waals surface area (Å²) >= 11 is 13.2. The number of amides is 1. The van der Waals surface area contributed by atoms with Gasteiger partial charge in [-0.2, -0.15) is 0 Å². The van der Waals surface area contributed by atoms with Crippen LogP contribution in [-0.2, 0) is 6.54 Å². The van der Waals surface area contributed by atoms with Crippen molar-refractivity contribution in [3.63, 3.8) is 0 Å². The van der Waals surface area contributed by atoms with E-state index in [0.717, 1.165) is 5.56 Å². The minimum Gasteiger partial charge on any atom is -0.337 e. The number of nitrogens with zero attached hydrogens (tertiary/aromatic N) is 2. The fraction of sp³-hybridized carbons (Fsp3) is 0.188. The van der Waals surface area contributed by atoms with E-state index < -0.39 is 4.92 Å². The first-order valence-corrected chi connectivity index (χ1v) is 8.83. The lowest BCUT2D eigenvalue weighted by molar-refractivity contribution is -0.387. The monoisotopic (exact) mass is 384 g/mol. The van der Waals surface area contributed by atoms with Gasteiger partial charge in [0, 0.05) is 35.3 Å². The van der Waals surface area contributed by atoms with Gasteiger partial charge in [-0.05, 0) is 36.1 Å². The molecule has 5 nitrogen and oxygen atoms in total. The number of rotatable bonds is 5. The first-order valence-electron chi connectivity index (χ1n) is 6.85. The van der Waals surface area contributed by atoms with E-state index in [1.165, 1.54) is 22.7 Å². The maximum atomic E-state index is 12.5. The van der Waals surface area contributed by atoms with Crippen LogP contribution in [0.25, 0.3) is 0 Å². The molecule has 24 heavy (non-hydrogen) atoms. The van der Waals surface area contributed by atoms with Crippen LogP contribution in [0.15, 0.2) is 41.3 Å². The number of benzene rings is 2. The van der Waals surface area contributed by atoms with Gasteiger partial charge >= 0.3 is 0 Å². The molecule has 2 aromatic rings. The lowest BCUT2D eigenvalue weighted by Crippen LogP contribution is -2.26. The van der Waals surface area contributed by atoms with Gasteiger partial charge in [0.2, 0.25) is 0 Å². The highest BCUT2D eigenvalue weighted by molar-refractivity contribution is 7.98. The van der Waals surface area contributed by atoms with Crippen LogP contribution in [0.1, 0.15) is 15.9 Å². The van der Waals surface area contributed by atoms with E-state index in [1.807, 2.05) is 0 Å².